The third kappa shape index (κ3) is 6.77. The van der Waals surface area contributed by atoms with Crippen molar-refractivity contribution < 1.29 is 14.0 Å². The van der Waals surface area contributed by atoms with Gasteiger partial charge in [0, 0.05) is 36.0 Å². The standard InChI is InChI=1S/C34H42N6O3Si/c1-22-11-12-23(18-35)15-28(22)39-30-37-14-13-27(38-30)24-16-25(19-36)29-26(17-24)34(8,21-42-44(9,10)33(5,6)7)20-40(29)31(41)43-32(2,3)4/h11-17H,20-21H2,1-10H3,(H,37,38,39)/t34-/m0/s1. The zero-order valence-electron chi connectivity index (χ0n) is 27.4. The molecule has 2 heterocycles. The number of nitrogens with one attached hydrogen (secondary N) is 1. The van der Waals surface area contributed by atoms with Crippen LogP contribution in [0.3, 0.4) is 0 Å². The van der Waals surface area contributed by atoms with Crippen molar-refractivity contribution in [1.82, 2.24) is 9.97 Å². The highest BCUT2D eigenvalue weighted by molar-refractivity contribution is 6.74. The molecule has 1 amide bonds. The summed E-state index contributed by atoms with van der Waals surface area (Å²) in [7, 11) is -2.13. The summed E-state index contributed by atoms with van der Waals surface area (Å²) in [4.78, 5) is 24.2. The molecule has 10 heteroatoms. The molecule has 1 aromatic heterocycles. The molecule has 1 atom stereocenters. The molecule has 230 valence electrons. The molecule has 0 fully saturated rings. The molecule has 0 bridgehead atoms. The van der Waals surface area contributed by atoms with Crippen LogP contribution in [0.15, 0.2) is 42.6 Å². The van der Waals surface area contributed by atoms with Crippen molar-refractivity contribution in [1.29, 1.82) is 10.5 Å². The van der Waals surface area contributed by atoms with E-state index in [1.807, 2.05) is 39.8 Å². The zero-order valence-corrected chi connectivity index (χ0v) is 28.4. The number of hydrogen-bond acceptors (Lipinski definition) is 8. The van der Waals surface area contributed by atoms with E-state index in [1.54, 1.807) is 35.4 Å². The Hall–Kier alpha value is -4.25. The number of carbonyl (C=O) groups excluding carboxylic acids is 1. The summed E-state index contributed by atoms with van der Waals surface area (Å²) in [5, 5.41) is 22.9. The number of hydrogen-bond donors (Lipinski definition) is 1. The first-order valence-electron chi connectivity index (χ1n) is 14.7. The molecule has 1 aliphatic heterocycles. The van der Waals surface area contributed by atoms with Gasteiger partial charge in [0.1, 0.15) is 11.7 Å². The van der Waals surface area contributed by atoms with Crippen molar-refractivity contribution >= 4 is 31.7 Å². The number of amides is 1. The van der Waals surface area contributed by atoms with E-state index in [1.165, 1.54) is 0 Å². The van der Waals surface area contributed by atoms with Crippen molar-refractivity contribution in [2.45, 2.75) is 84.5 Å². The van der Waals surface area contributed by atoms with Crippen molar-refractivity contribution in [2.24, 2.45) is 0 Å². The molecule has 0 unspecified atom stereocenters. The fraction of sp³-hybridized carbons (Fsp3) is 0.441. The fourth-order valence-electron chi connectivity index (χ4n) is 4.81. The third-order valence-corrected chi connectivity index (χ3v) is 12.9. The molecule has 0 saturated carbocycles. The minimum absolute atomic E-state index is 0.00474. The number of nitrogens with zero attached hydrogens (tertiary/aromatic N) is 5. The lowest BCUT2D eigenvalue weighted by Crippen LogP contribution is -2.46. The molecular formula is C34H42N6O3Si. The van der Waals surface area contributed by atoms with Gasteiger partial charge in [0.2, 0.25) is 5.95 Å². The van der Waals surface area contributed by atoms with Crippen LogP contribution in [0, 0.1) is 29.6 Å². The maximum Gasteiger partial charge on any atom is 0.414 e. The van der Waals surface area contributed by atoms with Gasteiger partial charge in [-0.25, -0.2) is 14.8 Å². The van der Waals surface area contributed by atoms with Crippen molar-refractivity contribution in [2.75, 3.05) is 23.4 Å². The number of benzene rings is 2. The molecule has 1 N–H and O–H groups in total. The summed E-state index contributed by atoms with van der Waals surface area (Å²) in [6.45, 7) is 21.2. The summed E-state index contributed by atoms with van der Waals surface area (Å²) in [6.07, 6.45) is 1.16. The molecule has 9 nitrogen and oxygen atoms in total. The average Bonchev–Trinajstić information content (AvgIpc) is 3.24. The zero-order chi connectivity index (χ0) is 32.7. The maximum atomic E-state index is 13.5. The van der Waals surface area contributed by atoms with E-state index in [0.29, 0.717) is 41.6 Å². The highest BCUT2D eigenvalue weighted by atomic mass is 28.4. The Morgan fingerprint density at radius 1 is 1.09 bits per heavy atom. The molecular weight excluding hydrogens is 568 g/mol. The van der Waals surface area contributed by atoms with E-state index in [4.69, 9.17) is 14.1 Å². The third-order valence-electron chi connectivity index (χ3n) is 8.39. The Morgan fingerprint density at radius 3 is 2.41 bits per heavy atom. The summed E-state index contributed by atoms with van der Waals surface area (Å²) < 4.78 is 12.5. The van der Waals surface area contributed by atoms with Gasteiger partial charge in [0.15, 0.2) is 8.32 Å². The lowest BCUT2D eigenvalue weighted by Gasteiger charge is -2.39. The van der Waals surface area contributed by atoms with Crippen LogP contribution in [-0.2, 0) is 14.6 Å². The first kappa shape index (κ1) is 32.7. The van der Waals surface area contributed by atoms with Gasteiger partial charge in [-0.2, -0.15) is 10.5 Å². The molecule has 2 aromatic carbocycles. The van der Waals surface area contributed by atoms with Crippen molar-refractivity contribution in [3.05, 3.63) is 64.8 Å². The molecule has 0 saturated heterocycles. The highest BCUT2D eigenvalue weighted by Gasteiger charge is 2.47. The van der Waals surface area contributed by atoms with E-state index in [-0.39, 0.29) is 5.04 Å². The Morgan fingerprint density at radius 2 is 1.80 bits per heavy atom. The smallest absolute Gasteiger partial charge is 0.414 e. The molecule has 4 rings (SSSR count). The SMILES string of the molecule is Cc1ccc(C#N)cc1Nc1nccc(-c2cc(C#N)c3c(c2)[C@](C)(CO[Si](C)(C)C(C)(C)C)CN3C(=O)OC(C)(C)C)n1. The monoisotopic (exact) mass is 610 g/mol. The second-order valence-corrected chi connectivity index (χ2v) is 19.0. The van der Waals surface area contributed by atoms with Crippen molar-refractivity contribution in [3.63, 3.8) is 0 Å². The van der Waals surface area contributed by atoms with E-state index in [9.17, 15) is 15.3 Å². The Kier molecular flexibility index (Phi) is 8.67. The van der Waals surface area contributed by atoms with Gasteiger partial charge in [0.25, 0.3) is 0 Å². The van der Waals surface area contributed by atoms with Gasteiger partial charge in [-0.05, 0) is 87.3 Å². The second kappa shape index (κ2) is 11.7. The topological polar surface area (TPSA) is 124 Å². The van der Waals surface area contributed by atoms with E-state index < -0.39 is 25.4 Å². The number of ether oxygens (including phenoxy) is 1. The summed E-state index contributed by atoms with van der Waals surface area (Å²) in [5.74, 6) is 0.360. The number of fused-ring (bicyclic) bond motifs is 1. The molecule has 0 spiro atoms. The maximum absolute atomic E-state index is 13.5. The molecule has 0 radical (unpaired) electrons. The Balaban J connectivity index is 1.80. The van der Waals surface area contributed by atoms with Crippen LogP contribution in [0.2, 0.25) is 18.1 Å². The number of aryl methyl sites for hydroxylation is 1. The van der Waals surface area contributed by atoms with E-state index >= 15 is 0 Å². The number of rotatable bonds is 6. The van der Waals surface area contributed by atoms with Gasteiger partial charge in [-0.15, -0.1) is 0 Å². The van der Waals surface area contributed by atoms with E-state index in [2.05, 4.69) is 63.2 Å². The van der Waals surface area contributed by atoms with E-state index in [0.717, 1.165) is 22.4 Å². The summed E-state index contributed by atoms with van der Waals surface area (Å²) >= 11 is 0. The molecule has 44 heavy (non-hydrogen) atoms. The van der Waals surface area contributed by atoms with Gasteiger partial charge >= 0.3 is 6.09 Å². The van der Waals surface area contributed by atoms with Gasteiger partial charge in [-0.3, -0.25) is 4.90 Å². The van der Waals surface area contributed by atoms with Crippen LogP contribution in [0.5, 0.6) is 0 Å². The number of nitriles is 2. The van der Waals surface area contributed by atoms with Crippen LogP contribution in [0.4, 0.5) is 22.1 Å². The summed E-state index contributed by atoms with van der Waals surface area (Å²) in [6, 6.07) is 15.4. The fourth-order valence-corrected chi connectivity index (χ4v) is 5.92. The normalized spacial score (nSPS) is 16.6. The predicted octanol–water partition coefficient (Wildman–Crippen LogP) is 7.97. The van der Waals surface area contributed by atoms with Gasteiger partial charge < -0.3 is 14.5 Å². The highest BCUT2D eigenvalue weighted by Crippen LogP contribution is 2.47. The molecule has 3 aromatic rings. The number of aromatic nitrogens is 2. The Labute approximate surface area is 262 Å². The average molecular weight is 611 g/mol. The number of carbonyl (C=O) groups is 1. The first-order chi connectivity index (χ1) is 20.4. The minimum Gasteiger partial charge on any atom is -0.443 e. The van der Waals surface area contributed by atoms with Crippen LogP contribution < -0.4 is 10.2 Å². The van der Waals surface area contributed by atoms with Crippen LogP contribution in [-0.4, -0.2) is 43.1 Å². The summed E-state index contributed by atoms with van der Waals surface area (Å²) in [5.41, 5.74) is 3.97. The predicted molar refractivity (Wildman–Crippen MR) is 175 cm³/mol. The first-order valence-corrected chi connectivity index (χ1v) is 17.6. The van der Waals surface area contributed by atoms with Gasteiger partial charge in [-0.1, -0.05) is 33.8 Å². The van der Waals surface area contributed by atoms with Crippen molar-refractivity contribution in [3.8, 4) is 23.4 Å². The Bertz CT molecular complexity index is 1680. The molecule has 0 aliphatic carbocycles. The second-order valence-electron chi connectivity index (χ2n) is 14.2. The van der Waals surface area contributed by atoms with Crippen LogP contribution in [0.25, 0.3) is 11.3 Å². The largest absolute Gasteiger partial charge is 0.443 e. The van der Waals surface area contributed by atoms with Crippen LogP contribution >= 0.6 is 0 Å². The number of anilines is 3. The minimum atomic E-state index is -2.13. The lowest BCUT2D eigenvalue weighted by atomic mass is 9.83. The lowest BCUT2D eigenvalue weighted by molar-refractivity contribution is 0.0575. The van der Waals surface area contributed by atoms with Crippen LogP contribution in [0.1, 0.15) is 70.7 Å². The van der Waals surface area contributed by atoms with Gasteiger partial charge in [0.05, 0.1) is 28.6 Å². The quantitative estimate of drug-likeness (QED) is 0.279. The molecule has 1 aliphatic rings.